The van der Waals surface area contributed by atoms with Gasteiger partial charge < -0.3 is 19.5 Å². The van der Waals surface area contributed by atoms with Crippen molar-refractivity contribution in [3.8, 4) is 5.75 Å². The molecule has 1 amide bonds. The van der Waals surface area contributed by atoms with Crippen LogP contribution in [0.1, 0.15) is 16.5 Å². The molecule has 30 heavy (non-hydrogen) atoms. The second-order valence-electron chi connectivity index (χ2n) is 7.19. The number of benzene rings is 1. The van der Waals surface area contributed by atoms with Crippen LogP contribution in [0.3, 0.4) is 0 Å². The monoisotopic (exact) mass is 428 g/mol. The van der Waals surface area contributed by atoms with E-state index in [4.69, 9.17) is 9.47 Å². The molecule has 2 fully saturated rings. The normalized spacial score (nSPS) is 21.9. The van der Waals surface area contributed by atoms with Crippen LogP contribution in [0.4, 0.5) is 0 Å². The molecule has 0 bridgehead atoms. The number of Topliss-reactive ketones (excluding diaryl/α,β-unsaturated/α-hetero) is 1. The standard InChI is InChI=1S/C22H24N2O5S/c1-28-16-5-2-4-15(14-16)20(25)18-19(17-6-3-13-30-17)24(22(27)21(18)26)8-7-23-9-11-29-12-10-23/h2-6,13-14,19,25H,7-12H2,1H3. The van der Waals surface area contributed by atoms with E-state index in [2.05, 4.69) is 4.90 Å². The first-order valence-corrected chi connectivity index (χ1v) is 10.7. The number of carbonyl (C=O) groups excluding carboxylic acids is 2. The topological polar surface area (TPSA) is 79.3 Å². The third-order valence-electron chi connectivity index (χ3n) is 5.46. The number of nitrogens with zero attached hydrogens (tertiary/aromatic N) is 2. The number of aliphatic hydroxyl groups excluding tert-OH is 1. The molecule has 0 aliphatic carbocycles. The number of rotatable bonds is 6. The van der Waals surface area contributed by atoms with Gasteiger partial charge in [0, 0.05) is 36.6 Å². The van der Waals surface area contributed by atoms with Gasteiger partial charge in [-0.3, -0.25) is 14.5 Å². The number of carbonyl (C=O) groups is 2. The summed E-state index contributed by atoms with van der Waals surface area (Å²) in [5.74, 6) is -0.852. The minimum atomic E-state index is -0.657. The number of ketones is 1. The van der Waals surface area contributed by atoms with Gasteiger partial charge in [0.1, 0.15) is 11.5 Å². The lowest BCUT2D eigenvalue weighted by atomic mass is 9.99. The summed E-state index contributed by atoms with van der Waals surface area (Å²) in [5.41, 5.74) is 0.569. The molecule has 2 aliphatic rings. The van der Waals surface area contributed by atoms with E-state index < -0.39 is 17.7 Å². The number of hydrogen-bond donors (Lipinski definition) is 1. The summed E-state index contributed by atoms with van der Waals surface area (Å²) in [6.45, 7) is 4.00. The molecule has 8 heteroatoms. The molecule has 0 spiro atoms. The van der Waals surface area contributed by atoms with E-state index in [1.807, 2.05) is 17.5 Å². The summed E-state index contributed by atoms with van der Waals surface area (Å²) in [4.78, 5) is 30.5. The van der Waals surface area contributed by atoms with Crippen molar-refractivity contribution >= 4 is 28.8 Å². The maximum absolute atomic E-state index is 13.0. The highest BCUT2D eigenvalue weighted by Gasteiger charge is 2.46. The number of amides is 1. The van der Waals surface area contributed by atoms with E-state index >= 15 is 0 Å². The second-order valence-corrected chi connectivity index (χ2v) is 8.17. The third-order valence-corrected chi connectivity index (χ3v) is 6.38. The fraction of sp³-hybridized carbons (Fsp3) is 0.364. The molecular weight excluding hydrogens is 404 g/mol. The van der Waals surface area contributed by atoms with Crippen molar-refractivity contribution in [3.05, 3.63) is 57.8 Å². The van der Waals surface area contributed by atoms with Crippen LogP contribution >= 0.6 is 11.3 Å². The Morgan fingerprint density at radius 1 is 1.20 bits per heavy atom. The van der Waals surface area contributed by atoms with Gasteiger partial charge in [0.05, 0.1) is 31.9 Å². The summed E-state index contributed by atoms with van der Waals surface area (Å²) >= 11 is 1.46. The van der Waals surface area contributed by atoms with E-state index in [9.17, 15) is 14.7 Å². The predicted molar refractivity (Wildman–Crippen MR) is 114 cm³/mol. The average Bonchev–Trinajstić information content (AvgIpc) is 3.40. The van der Waals surface area contributed by atoms with Crippen molar-refractivity contribution in [1.29, 1.82) is 0 Å². The number of methoxy groups -OCH3 is 1. The summed E-state index contributed by atoms with van der Waals surface area (Å²) in [5, 5.41) is 12.9. The van der Waals surface area contributed by atoms with E-state index in [1.54, 1.807) is 29.2 Å². The van der Waals surface area contributed by atoms with Gasteiger partial charge in [-0.1, -0.05) is 18.2 Å². The average molecular weight is 429 g/mol. The number of likely N-dealkylation sites (tertiary alicyclic amines) is 1. The lowest BCUT2D eigenvalue weighted by Gasteiger charge is -2.30. The van der Waals surface area contributed by atoms with Crippen LogP contribution in [0.2, 0.25) is 0 Å². The summed E-state index contributed by atoms with van der Waals surface area (Å²) in [7, 11) is 1.54. The van der Waals surface area contributed by atoms with Crippen molar-refractivity contribution in [3.63, 3.8) is 0 Å². The number of aliphatic hydroxyl groups is 1. The third kappa shape index (κ3) is 3.98. The van der Waals surface area contributed by atoms with Crippen LogP contribution in [-0.4, -0.2) is 73.1 Å². The Bertz CT molecular complexity index is 950. The fourth-order valence-electron chi connectivity index (χ4n) is 3.85. The molecule has 0 radical (unpaired) electrons. The van der Waals surface area contributed by atoms with Crippen molar-refractivity contribution in [2.24, 2.45) is 0 Å². The van der Waals surface area contributed by atoms with Crippen molar-refractivity contribution in [2.45, 2.75) is 6.04 Å². The minimum Gasteiger partial charge on any atom is -0.507 e. The van der Waals surface area contributed by atoms with E-state index in [0.29, 0.717) is 37.6 Å². The van der Waals surface area contributed by atoms with Crippen LogP contribution in [0, 0.1) is 0 Å². The van der Waals surface area contributed by atoms with Crippen LogP contribution in [0.25, 0.3) is 5.76 Å². The molecule has 1 aromatic carbocycles. The van der Waals surface area contributed by atoms with Gasteiger partial charge in [-0.15, -0.1) is 11.3 Å². The van der Waals surface area contributed by atoms with Crippen molar-refractivity contribution in [2.75, 3.05) is 46.5 Å². The summed E-state index contributed by atoms with van der Waals surface area (Å²) < 4.78 is 10.6. The molecule has 1 aromatic heterocycles. The number of morpholine rings is 1. The Balaban J connectivity index is 1.69. The molecule has 7 nitrogen and oxygen atoms in total. The van der Waals surface area contributed by atoms with Gasteiger partial charge >= 0.3 is 0 Å². The molecule has 2 aromatic rings. The van der Waals surface area contributed by atoms with Crippen LogP contribution in [0.15, 0.2) is 47.4 Å². The van der Waals surface area contributed by atoms with E-state index in [0.717, 1.165) is 18.0 Å². The molecule has 0 saturated carbocycles. The highest BCUT2D eigenvalue weighted by molar-refractivity contribution is 7.10. The molecule has 4 rings (SSSR count). The fourth-order valence-corrected chi connectivity index (χ4v) is 4.70. The molecule has 3 heterocycles. The molecular formula is C22H24N2O5S. The van der Waals surface area contributed by atoms with Crippen LogP contribution in [-0.2, 0) is 14.3 Å². The lowest BCUT2D eigenvalue weighted by molar-refractivity contribution is -0.140. The zero-order valence-corrected chi connectivity index (χ0v) is 17.6. The van der Waals surface area contributed by atoms with E-state index in [1.165, 1.54) is 18.4 Å². The SMILES string of the molecule is COc1cccc(C(O)=C2C(=O)C(=O)N(CCN3CCOCC3)C2c2cccs2)c1. The Morgan fingerprint density at radius 3 is 2.70 bits per heavy atom. The van der Waals surface area contributed by atoms with Crippen LogP contribution in [0.5, 0.6) is 5.75 Å². The zero-order chi connectivity index (χ0) is 21.1. The first-order chi connectivity index (χ1) is 14.6. The molecule has 2 saturated heterocycles. The van der Waals surface area contributed by atoms with Crippen molar-refractivity contribution in [1.82, 2.24) is 9.80 Å². The predicted octanol–water partition coefficient (Wildman–Crippen LogP) is 2.51. The Kier molecular flexibility index (Phi) is 6.17. The molecule has 1 unspecified atom stereocenters. The highest BCUT2D eigenvalue weighted by Crippen LogP contribution is 2.41. The molecule has 158 valence electrons. The number of ether oxygens (including phenoxy) is 2. The Morgan fingerprint density at radius 2 is 2.00 bits per heavy atom. The van der Waals surface area contributed by atoms with Gasteiger partial charge in [-0.2, -0.15) is 0 Å². The van der Waals surface area contributed by atoms with Gasteiger partial charge in [0.15, 0.2) is 0 Å². The summed E-state index contributed by atoms with van der Waals surface area (Å²) in [6, 6.07) is 10.0. The highest BCUT2D eigenvalue weighted by atomic mass is 32.1. The molecule has 2 aliphatic heterocycles. The zero-order valence-electron chi connectivity index (χ0n) is 16.7. The molecule has 1 N–H and O–H groups in total. The van der Waals surface area contributed by atoms with Crippen molar-refractivity contribution < 1.29 is 24.2 Å². The second kappa shape index (κ2) is 8.99. The first-order valence-electron chi connectivity index (χ1n) is 9.86. The quantitative estimate of drug-likeness (QED) is 0.433. The Hall–Kier alpha value is -2.68. The maximum Gasteiger partial charge on any atom is 0.295 e. The van der Waals surface area contributed by atoms with Gasteiger partial charge in [-0.05, 0) is 23.6 Å². The first kappa shape index (κ1) is 20.6. The van der Waals surface area contributed by atoms with E-state index in [-0.39, 0.29) is 11.3 Å². The molecule has 1 atom stereocenters. The number of hydrogen-bond acceptors (Lipinski definition) is 7. The summed E-state index contributed by atoms with van der Waals surface area (Å²) in [6.07, 6.45) is 0. The smallest absolute Gasteiger partial charge is 0.295 e. The largest absolute Gasteiger partial charge is 0.507 e. The minimum absolute atomic E-state index is 0.123. The number of thiophene rings is 1. The van der Waals surface area contributed by atoms with Gasteiger partial charge in [-0.25, -0.2) is 0 Å². The van der Waals surface area contributed by atoms with Gasteiger partial charge in [0.25, 0.3) is 11.7 Å². The van der Waals surface area contributed by atoms with Crippen LogP contribution < -0.4 is 4.74 Å². The lowest BCUT2D eigenvalue weighted by Crippen LogP contribution is -2.42. The van der Waals surface area contributed by atoms with Gasteiger partial charge in [0.2, 0.25) is 0 Å². The maximum atomic E-state index is 13.0. The Labute approximate surface area is 179 Å².